The summed E-state index contributed by atoms with van der Waals surface area (Å²) in [7, 11) is -4.15. The number of hydrogen-bond donors (Lipinski definition) is 1. The third kappa shape index (κ3) is 7.72. The summed E-state index contributed by atoms with van der Waals surface area (Å²) >= 11 is 6.04. The zero-order valence-electron chi connectivity index (χ0n) is 24.6. The van der Waals surface area contributed by atoms with Gasteiger partial charge in [0.25, 0.3) is 10.0 Å². The SMILES string of the molecule is CC[C@@H](C(=O)NC1CCCCC1)N(Cc1ccccc1)C(=O)CN(c1ccc(C)c(C)c1)S(=O)(=O)c1ccc(Cl)cc1. The van der Waals surface area contributed by atoms with Gasteiger partial charge in [-0.05, 0) is 86.2 Å². The van der Waals surface area contributed by atoms with Crippen molar-refractivity contribution in [2.24, 2.45) is 0 Å². The number of sulfonamides is 1. The van der Waals surface area contributed by atoms with E-state index in [2.05, 4.69) is 5.32 Å². The van der Waals surface area contributed by atoms with Crippen molar-refractivity contribution in [3.63, 3.8) is 0 Å². The van der Waals surface area contributed by atoms with E-state index in [-0.39, 0.29) is 23.4 Å². The van der Waals surface area contributed by atoms with Crippen molar-refractivity contribution in [3.8, 4) is 0 Å². The Kier molecular flexibility index (Phi) is 10.7. The summed E-state index contributed by atoms with van der Waals surface area (Å²) in [5, 5.41) is 3.58. The summed E-state index contributed by atoms with van der Waals surface area (Å²) in [6, 6.07) is 20.0. The second-order valence-corrected chi connectivity index (χ2v) is 13.3. The highest BCUT2D eigenvalue weighted by Crippen LogP contribution is 2.28. The quantitative estimate of drug-likeness (QED) is 0.272. The molecule has 0 aliphatic heterocycles. The van der Waals surface area contributed by atoms with Gasteiger partial charge in [0.15, 0.2) is 0 Å². The molecule has 9 heteroatoms. The van der Waals surface area contributed by atoms with Gasteiger partial charge in [0.2, 0.25) is 11.8 Å². The van der Waals surface area contributed by atoms with E-state index in [9.17, 15) is 18.0 Å². The summed E-state index contributed by atoms with van der Waals surface area (Å²) < 4.78 is 29.2. The first-order valence-electron chi connectivity index (χ1n) is 14.6. The number of nitrogens with one attached hydrogen (secondary N) is 1. The molecule has 224 valence electrons. The molecule has 2 amide bonds. The van der Waals surface area contributed by atoms with Crippen molar-refractivity contribution in [3.05, 3.63) is 94.5 Å². The van der Waals surface area contributed by atoms with Crippen LogP contribution in [-0.4, -0.2) is 43.8 Å². The second kappa shape index (κ2) is 14.2. The number of rotatable bonds is 11. The van der Waals surface area contributed by atoms with Gasteiger partial charge in [0, 0.05) is 17.6 Å². The van der Waals surface area contributed by atoms with Crippen molar-refractivity contribution in [1.29, 1.82) is 0 Å². The Hall–Kier alpha value is -3.36. The normalized spacial score (nSPS) is 14.7. The molecule has 1 atom stereocenters. The van der Waals surface area contributed by atoms with Crippen LogP contribution >= 0.6 is 11.6 Å². The lowest BCUT2D eigenvalue weighted by Gasteiger charge is -2.34. The van der Waals surface area contributed by atoms with E-state index in [1.807, 2.05) is 57.2 Å². The van der Waals surface area contributed by atoms with Crippen LogP contribution < -0.4 is 9.62 Å². The minimum absolute atomic E-state index is 0.0228. The summed E-state index contributed by atoms with van der Waals surface area (Å²) in [5.41, 5.74) is 3.13. The molecule has 0 spiro atoms. The number of anilines is 1. The molecule has 3 aromatic carbocycles. The molecule has 4 rings (SSSR count). The summed E-state index contributed by atoms with van der Waals surface area (Å²) in [5.74, 6) is -0.660. The molecule has 1 aliphatic carbocycles. The fraction of sp³-hybridized carbons (Fsp3) is 0.394. The standard InChI is InChI=1S/C33H40ClN3O4S/c1-4-31(33(39)35-28-13-9-6-10-14-28)36(22-26-11-7-5-8-12-26)32(38)23-37(29-18-15-24(2)25(3)21-29)42(40,41)30-19-16-27(34)17-20-30/h5,7-8,11-12,15-21,28,31H,4,6,9-10,13-14,22-23H2,1-3H3,(H,35,39)/t31-/m0/s1. The molecule has 0 unspecified atom stereocenters. The Bertz CT molecular complexity index is 1470. The third-order valence-electron chi connectivity index (χ3n) is 7.99. The van der Waals surface area contributed by atoms with Gasteiger partial charge < -0.3 is 10.2 Å². The average Bonchev–Trinajstić information content (AvgIpc) is 2.98. The molecule has 1 fully saturated rings. The molecule has 1 aliphatic rings. The molecular formula is C33H40ClN3O4S. The minimum atomic E-state index is -4.15. The Morgan fingerprint density at radius 2 is 1.60 bits per heavy atom. The minimum Gasteiger partial charge on any atom is -0.352 e. The smallest absolute Gasteiger partial charge is 0.264 e. The number of aryl methyl sites for hydroxylation is 2. The van der Waals surface area contributed by atoms with Crippen LogP contribution in [0.4, 0.5) is 5.69 Å². The zero-order chi connectivity index (χ0) is 30.3. The van der Waals surface area contributed by atoms with Gasteiger partial charge in [-0.1, -0.05) is 74.2 Å². The van der Waals surface area contributed by atoms with Crippen LogP contribution in [0, 0.1) is 13.8 Å². The average molecular weight is 610 g/mol. The molecule has 1 N–H and O–H groups in total. The van der Waals surface area contributed by atoms with Crippen molar-refractivity contribution in [2.45, 2.75) is 82.8 Å². The largest absolute Gasteiger partial charge is 0.352 e. The van der Waals surface area contributed by atoms with Gasteiger partial charge in [-0.25, -0.2) is 8.42 Å². The van der Waals surface area contributed by atoms with Crippen molar-refractivity contribution < 1.29 is 18.0 Å². The molecule has 42 heavy (non-hydrogen) atoms. The molecule has 0 aromatic heterocycles. The van der Waals surface area contributed by atoms with Crippen molar-refractivity contribution in [2.75, 3.05) is 10.8 Å². The van der Waals surface area contributed by atoms with E-state index in [0.717, 1.165) is 46.7 Å². The number of nitrogens with zero attached hydrogens (tertiary/aromatic N) is 2. The highest BCUT2D eigenvalue weighted by atomic mass is 35.5. The fourth-order valence-electron chi connectivity index (χ4n) is 5.39. The molecule has 1 saturated carbocycles. The summed E-state index contributed by atoms with van der Waals surface area (Å²) in [6.45, 7) is 5.44. The lowest BCUT2D eigenvalue weighted by molar-refractivity contribution is -0.140. The van der Waals surface area contributed by atoms with Crippen LogP contribution in [0.5, 0.6) is 0 Å². The van der Waals surface area contributed by atoms with E-state index < -0.39 is 28.5 Å². The first-order chi connectivity index (χ1) is 20.1. The van der Waals surface area contributed by atoms with Gasteiger partial charge in [0.1, 0.15) is 12.6 Å². The van der Waals surface area contributed by atoms with Crippen LogP contribution in [0.15, 0.2) is 77.7 Å². The maximum atomic E-state index is 14.2. The van der Waals surface area contributed by atoms with Gasteiger partial charge in [0.05, 0.1) is 10.6 Å². The predicted octanol–water partition coefficient (Wildman–Crippen LogP) is 6.41. The van der Waals surface area contributed by atoms with E-state index in [4.69, 9.17) is 11.6 Å². The summed E-state index contributed by atoms with van der Waals surface area (Å²) in [4.78, 5) is 29.4. The number of carbonyl (C=O) groups excluding carboxylic acids is 2. The predicted molar refractivity (Wildman–Crippen MR) is 168 cm³/mol. The van der Waals surface area contributed by atoms with Crippen molar-refractivity contribution in [1.82, 2.24) is 10.2 Å². The maximum Gasteiger partial charge on any atom is 0.264 e. The number of hydrogen-bond acceptors (Lipinski definition) is 4. The van der Waals surface area contributed by atoms with E-state index >= 15 is 0 Å². The van der Waals surface area contributed by atoms with Crippen LogP contribution in [0.2, 0.25) is 5.02 Å². The Morgan fingerprint density at radius 3 is 2.21 bits per heavy atom. The highest BCUT2D eigenvalue weighted by Gasteiger charge is 2.34. The monoisotopic (exact) mass is 609 g/mol. The lowest BCUT2D eigenvalue weighted by Crippen LogP contribution is -2.54. The van der Waals surface area contributed by atoms with Crippen LogP contribution in [0.25, 0.3) is 0 Å². The van der Waals surface area contributed by atoms with E-state index in [1.54, 1.807) is 12.1 Å². The lowest BCUT2D eigenvalue weighted by atomic mass is 9.95. The van der Waals surface area contributed by atoms with Gasteiger partial charge in [-0.2, -0.15) is 0 Å². The van der Waals surface area contributed by atoms with Gasteiger partial charge in [-0.3, -0.25) is 13.9 Å². The Balaban J connectivity index is 1.71. The molecule has 0 bridgehead atoms. The fourth-order valence-corrected chi connectivity index (χ4v) is 6.92. The molecular weight excluding hydrogens is 570 g/mol. The number of halogens is 1. The molecule has 3 aromatic rings. The number of carbonyl (C=O) groups is 2. The van der Waals surface area contributed by atoms with Crippen LogP contribution in [0.3, 0.4) is 0 Å². The van der Waals surface area contributed by atoms with Crippen LogP contribution in [-0.2, 0) is 26.2 Å². The van der Waals surface area contributed by atoms with E-state index in [0.29, 0.717) is 17.1 Å². The van der Waals surface area contributed by atoms with E-state index in [1.165, 1.54) is 35.6 Å². The molecule has 0 radical (unpaired) electrons. The summed E-state index contributed by atoms with van der Waals surface area (Å²) in [6.07, 6.45) is 5.55. The second-order valence-electron chi connectivity index (χ2n) is 11.0. The molecule has 0 heterocycles. The highest BCUT2D eigenvalue weighted by molar-refractivity contribution is 7.92. The molecule has 0 saturated heterocycles. The van der Waals surface area contributed by atoms with Crippen LogP contribution in [0.1, 0.15) is 62.1 Å². The number of benzene rings is 3. The maximum absolute atomic E-state index is 14.2. The topological polar surface area (TPSA) is 86.8 Å². The Morgan fingerprint density at radius 1 is 0.929 bits per heavy atom. The van der Waals surface area contributed by atoms with Gasteiger partial charge >= 0.3 is 0 Å². The third-order valence-corrected chi connectivity index (χ3v) is 10.0. The first-order valence-corrected chi connectivity index (χ1v) is 16.4. The molecule has 7 nitrogen and oxygen atoms in total. The first kappa shape index (κ1) is 31.6. The van der Waals surface area contributed by atoms with Crippen molar-refractivity contribution >= 4 is 39.1 Å². The van der Waals surface area contributed by atoms with Gasteiger partial charge in [-0.15, -0.1) is 0 Å². The zero-order valence-corrected chi connectivity index (χ0v) is 26.1. The Labute approximate surface area is 254 Å². The number of amides is 2.